The Morgan fingerprint density at radius 3 is 2.55 bits per heavy atom. The van der Waals surface area contributed by atoms with Crippen LogP contribution in [-0.4, -0.2) is 32.4 Å². The molecule has 3 aromatic carbocycles. The van der Waals surface area contributed by atoms with Gasteiger partial charge in [-0.15, -0.1) is 0 Å². The van der Waals surface area contributed by atoms with Crippen molar-refractivity contribution in [1.29, 1.82) is 0 Å². The zero-order valence-corrected chi connectivity index (χ0v) is 23.0. The number of fused-ring (bicyclic) bond motifs is 3. The Labute approximate surface area is 234 Å². The summed E-state index contributed by atoms with van der Waals surface area (Å²) in [5.74, 6) is 1.71. The van der Waals surface area contributed by atoms with E-state index in [1.54, 1.807) is 7.11 Å². The highest BCUT2D eigenvalue weighted by atomic mass is 16.5. The van der Waals surface area contributed by atoms with Crippen LogP contribution in [0.2, 0.25) is 0 Å². The lowest BCUT2D eigenvalue weighted by atomic mass is 10.0. The number of urea groups is 1. The van der Waals surface area contributed by atoms with Crippen LogP contribution in [0, 0.1) is 6.92 Å². The average molecular weight is 532 g/mol. The van der Waals surface area contributed by atoms with Gasteiger partial charge >= 0.3 is 6.03 Å². The number of carbonyl (C=O) groups excluding carboxylic acids is 1. The number of hydrogen-bond acceptors (Lipinski definition) is 3. The van der Waals surface area contributed by atoms with Gasteiger partial charge < -0.3 is 19.5 Å². The molecule has 0 fully saturated rings. The number of para-hydroxylation sites is 1. The van der Waals surface area contributed by atoms with Crippen LogP contribution in [0.1, 0.15) is 46.6 Å². The van der Waals surface area contributed by atoms with E-state index in [1.165, 1.54) is 5.56 Å². The SMILES string of the molecule is CCc1nn(-c2ccccc2)c2c1CN(C(=O)NCc1ccc(C)cc1)C(c1cccc(OC)c1)c1cccn1-2. The molecule has 2 amide bonds. The molecule has 1 N–H and O–H groups in total. The van der Waals surface area contributed by atoms with Crippen molar-refractivity contribution in [3.05, 3.63) is 131 Å². The summed E-state index contributed by atoms with van der Waals surface area (Å²) in [4.78, 5) is 16.0. The van der Waals surface area contributed by atoms with Crippen LogP contribution in [0.5, 0.6) is 5.75 Å². The molecule has 1 aliphatic rings. The molecule has 40 heavy (non-hydrogen) atoms. The summed E-state index contributed by atoms with van der Waals surface area (Å²) in [6, 6.07) is 30.0. The van der Waals surface area contributed by atoms with E-state index >= 15 is 0 Å². The lowest BCUT2D eigenvalue weighted by molar-refractivity contribution is 0.180. The summed E-state index contributed by atoms with van der Waals surface area (Å²) in [5.41, 5.74) is 7.21. The van der Waals surface area contributed by atoms with Gasteiger partial charge in [0.05, 0.1) is 36.8 Å². The summed E-state index contributed by atoms with van der Waals surface area (Å²) < 4.78 is 9.77. The van der Waals surface area contributed by atoms with E-state index in [4.69, 9.17) is 9.84 Å². The van der Waals surface area contributed by atoms with Crippen molar-refractivity contribution >= 4 is 6.03 Å². The highest BCUT2D eigenvalue weighted by molar-refractivity contribution is 5.76. The zero-order chi connectivity index (χ0) is 27.6. The van der Waals surface area contributed by atoms with Gasteiger partial charge in [0.1, 0.15) is 11.6 Å². The Balaban J connectivity index is 1.49. The largest absolute Gasteiger partial charge is 0.497 e. The van der Waals surface area contributed by atoms with Gasteiger partial charge in [0, 0.05) is 18.3 Å². The average Bonchev–Trinajstić information content (AvgIpc) is 3.58. The number of amides is 2. The van der Waals surface area contributed by atoms with Crippen molar-refractivity contribution in [2.75, 3.05) is 7.11 Å². The number of nitrogens with zero attached hydrogens (tertiary/aromatic N) is 4. The van der Waals surface area contributed by atoms with Gasteiger partial charge in [-0.2, -0.15) is 5.10 Å². The highest BCUT2D eigenvalue weighted by Gasteiger charge is 2.36. The molecule has 1 aliphatic heterocycles. The van der Waals surface area contributed by atoms with Gasteiger partial charge in [0.15, 0.2) is 0 Å². The van der Waals surface area contributed by atoms with Crippen LogP contribution in [0.15, 0.2) is 97.2 Å². The molecule has 1 atom stereocenters. The predicted octanol–water partition coefficient (Wildman–Crippen LogP) is 6.36. The lowest BCUT2D eigenvalue weighted by Crippen LogP contribution is -2.41. The first kappa shape index (κ1) is 25.5. The quantitative estimate of drug-likeness (QED) is 0.277. The fraction of sp³-hybridized carbons (Fsp3) is 0.212. The number of nitrogens with one attached hydrogen (secondary N) is 1. The van der Waals surface area contributed by atoms with Crippen LogP contribution < -0.4 is 10.1 Å². The van der Waals surface area contributed by atoms with Gasteiger partial charge in [-0.25, -0.2) is 9.48 Å². The number of benzene rings is 3. The van der Waals surface area contributed by atoms with Crippen LogP contribution in [0.4, 0.5) is 4.79 Å². The van der Waals surface area contributed by atoms with Crippen molar-refractivity contribution < 1.29 is 9.53 Å². The smallest absolute Gasteiger partial charge is 0.318 e. The summed E-state index contributed by atoms with van der Waals surface area (Å²) in [6.45, 7) is 5.03. The molecular formula is C33H33N5O2. The molecular weight excluding hydrogens is 498 g/mol. The maximum atomic E-state index is 14.1. The van der Waals surface area contributed by atoms with E-state index in [-0.39, 0.29) is 12.1 Å². The van der Waals surface area contributed by atoms with Crippen molar-refractivity contribution in [3.8, 4) is 17.3 Å². The molecule has 2 aromatic heterocycles. The summed E-state index contributed by atoms with van der Waals surface area (Å²) in [5, 5.41) is 8.23. The van der Waals surface area contributed by atoms with Crippen molar-refractivity contribution in [2.24, 2.45) is 0 Å². The van der Waals surface area contributed by atoms with Gasteiger partial charge in [-0.05, 0) is 60.9 Å². The van der Waals surface area contributed by atoms with Crippen molar-refractivity contribution in [2.45, 2.75) is 39.4 Å². The van der Waals surface area contributed by atoms with Gasteiger partial charge in [0.2, 0.25) is 0 Å². The molecule has 7 nitrogen and oxygen atoms in total. The van der Waals surface area contributed by atoms with Crippen molar-refractivity contribution in [1.82, 2.24) is 24.6 Å². The second-order valence-electron chi connectivity index (χ2n) is 10.1. The Bertz CT molecular complexity index is 1640. The number of aryl methyl sites for hydroxylation is 2. The highest BCUT2D eigenvalue weighted by Crippen LogP contribution is 2.39. The molecule has 6 rings (SSSR count). The summed E-state index contributed by atoms with van der Waals surface area (Å²) in [7, 11) is 1.67. The minimum atomic E-state index is -0.343. The molecule has 7 heteroatoms. The molecule has 0 saturated heterocycles. The van der Waals surface area contributed by atoms with E-state index in [1.807, 2.05) is 52.0 Å². The van der Waals surface area contributed by atoms with E-state index in [0.717, 1.165) is 51.8 Å². The third-order valence-electron chi connectivity index (χ3n) is 7.54. The topological polar surface area (TPSA) is 64.3 Å². The first-order chi connectivity index (χ1) is 19.6. The number of hydrogen-bond donors (Lipinski definition) is 1. The van der Waals surface area contributed by atoms with E-state index in [9.17, 15) is 4.79 Å². The maximum Gasteiger partial charge on any atom is 0.318 e. The van der Waals surface area contributed by atoms with Crippen LogP contribution in [-0.2, 0) is 19.5 Å². The third-order valence-corrected chi connectivity index (χ3v) is 7.54. The van der Waals surface area contributed by atoms with Crippen LogP contribution in [0.25, 0.3) is 11.5 Å². The molecule has 202 valence electrons. The minimum absolute atomic E-state index is 0.136. The fourth-order valence-electron chi connectivity index (χ4n) is 5.50. The first-order valence-electron chi connectivity index (χ1n) is 13.6. The van der Waals surface area contributed by atoms with E-state index < -0.39 is 0 Å². The molecule has 3 heterocycles. The summed E-state index contributed by atoms with van der Waals surface area (Å²) in [6.07, 6.45) is 2.82. The second-order valence-corrected chi connectivity index (χ2v) is 10.1. The molecule has 0 radical (unpaired) electrons. The Hall–Kier alpha value is -4.78. The second kappa shape index (κ2) is 10.8. The van der Waals surface area contributed by atoms with Gasteiger partial charge in [-0.1, -0.05) is 67.1 Å². The number of ether oxygens (including phenoxy) is 1. The fourth-order valence-corrected chi connectivity index (χ4v) is 5.50. The normalized spacial score (nSPS) is 14.3. The van der Waals surface area contributed by atoms with E-state index in [0.29, 0.717) is 13.1 Å². The molecule has 0 saturated carbocycles. The van der Waals surface area contributed by atoms with E-state index in [2.05, 4.69) is 78.5 Å². The van der Waals surface area contributed by atoms with Crippen molar-refractivity contribution in [3.63, 3.8) is 0 Å². The Kier molecular flexibility index (Phi) is 6.86. The molecule has 0 spiro atoms. The molecule has 0 aliphatic carbocycles. The predicted molar refractivity (Wildman–Crippen MR) is 156 cm³/mol. The zero-order valence-electron chi connectivity index (χ0n) is 23.0. The van der Waals surface area contributed by atoms with Gasteiger partial charge in [0.25, 0.3) is 0 Å². The molecule has 5 aromatic rings. The minimum Gasteiger partial charge on any atom is -0.497 e. The standard InChI is InChI=1S/C33H33N5O2/c1-4-29-28-22-37(33(39)34-21-24-17-15-23(2)16-18-24)31(25-10-8-13-27(20-25)40-3)30-14-9-19-36(30)32(28)38(35-29)26-11-6-5-7-12-26/h5-20,31H,4,21-22H2,1-3H3,(H,34,39). The van der Waals surface area contributed by atoms with Crippen LogP contribution >= 0.6 is 0 Å². The number of aromatic nitrogens is 3. The lowest BCUT2D eigenvalue weighted by Gasteiger charge is -2.31. The summed E-state index contributed by atoms with van der Waals surface area (Å²) >= 11 is 0. The Morgan fingerprint density at radius 1 is 1.00 bits per heavy atom. The third kappa shape index (κ3) is 4.64. The Morgan fingerprint density at radius 2 is 1.80 bits per heavy atom. The number of methoxy groups -OCH3 is 1. The number of carbonyl (C=O) groups is 1. The number of rotatable bonds is 6. The van der Waals surface area contributed by atoms with Gasteiger partial charge in [-0.3, -0.25) is 0 Å². The van der Waals surface area contributed by atoms with Crippen LogP contribution in [0.3, 0.4) is 0 Å². The molecule has 0 bridgehead atoms. The first-order valence-corrected chi connectivity index (χ1v) is 13.6. The monoisotopic (exact) mass is 531 g/mol. The maximum absolute atomic E-state index is 14.1. The molecule has 1 unspecified atom stereocenters.